The molecule has 4 nitrogen and oxygen atoms in total. The number of ether oxygens (including phenoxy) is 1. The highest BCUT2D eigenvalue weighted by Crippen LogP contribution is 2.22. The second-order valence-electron chi connectivity index (χ2n) is 4.31. The molecule has 0 unspecified atom stereocenters. The average molecular weight is 288 g/mol. The summed E-state index contributed by atoms with van der Waals surface area (Å²) in [6.45, 7) is 2.06. The van der Waals surface area contributed by atoms with Crippen molar-refractivity contribution in [1.29, 1.82) is 0 Å². The van der Waals surface area contributed by atoms with Crippen LogP contribution in [-0.4, -0.2) is 24.3 Å². The fourth-order valence-electron chi connectivity index (χ4n) is 1.88. The van der Waals surface area contributed by atoms with E-state index in [1.807, 2.05) is 0 Å². The lowest BCUT2D eigenvalue weighted by Crippen LogP contribution is -2.28. The molecule has 0 bridgehead atoms. The number of benzene rings is 1. The van der Waals surface area contributed by atoms with E-state index in [2.05, 4.69) is 6.92 Å². The van der Waals surface area contributed by atoms with Gasteiger partial charge in [0, 0.05) is 0 Å². The number of carbonyl (C=O) groups excluding carboxylic acids is 1. The van der Waals surface area contributed by atoms with Crippen LogP contribution in [0.25, 0.3) is 0 Å². The molecule has 0 aliphatic carbocycles. The van der Waals surface area contributed by atoms with E-state index in [4.69, 9.17) is 10.5 Å². The Bertz CT molecular complexity index is 398. The van der Waals surface area contributed by atoms with Gasteiger partial charge < -0.3 is 15.6 Å². The van der Waals surface area contributed by atoms with Crippen molar-refractivity contribution in [2.24, 2.45) is 5.73 Å². The van der Waals surface area contributed by atoms with Crippen LogP contribution in [0.1, 0.15) is 48.1 Å². The standard InChI is InChI=1S/C14H21NO3.ClH/c1-3-4-9-12(16)13(15)10-7-5-6-8-11(10)14(17)18-2;/h5-8,12-13,16H,3-4,9,15H2,1-2H3;1H/t12-,13+;/m0./s1. The third-order valence-electron chi connectivity index (χ3n) is 2.99. The van der Waals surface area contributed by atoms with Crippen molar-refractivity contribution in [1.82, 2.24) is 0 Å². The van der Waals surface area contributed by atoms with Gasteiger partial charge in [0.05, 0.1) is 24.8 Å². The number of hydrogen-bond donors (Lipinski definition) is 2. The van der Waals surface area contributed by atoms with Gasteiger partial charge in [-0.25, -0.2) is 4.79 Å². The Labute approximate surface area is 120 Å². The third-order valence-corrected chi connectivity index (χ3v) is 2.99. The lowest BCUT2D eigenvalue weighted by molar-refractivity contribution is 0.0596. The summed E-state index contributed by atoms with van der Waals surface area (Å²) in [5.74, 6) is -0.427. The van der Waals surface area contributed by atoms with Gasteiger partial charge in [-0.05, 0) is 18.1 Å². The van der Waals surface area contributed by atoms with E-state index in [0.717, 1.165) is 12.8 Å². The van der Waals surface area contributed by atoms with Crippen LogP contribution >= 0.6 is 12.4 Å². The first kappa shape index (κ1) is 17.9. The molecule has 0 saturated carbocycles. The van der Waals surface area contributed by atoms with E-state index in [-0.39, 0.29) is 12.4 Å². The molecule has 0 amide bonds. The fraction of sp³-hybridized carbons (Fsp3) is 0.500. The summed E-state index contributed by atoms with van der Waals surface area (Å²) in [5, 5.41) is 10.0. The number of aliphatic hydroxyl groups excluding tert-OH is 1. The monoisotopic (exact) mass is 287 g/mol. The van der Waals surface area contributed by atoms with Crippen molar-refractivity contribution in [2.75, 3.05) is 7.11 Å². The third kappa shape index (κ3) is 4.82. The highest BCUT2D eigenvalue weighted by Gasteiger charge is 2.21. The van der Waals surface area contributed by atoms with Crippen LogP contribution in [0.3, 0.4) is 0 Å². The van der Waals surface area contributed by atoms with E-state index < -0.39 is 18.1 Å². The summed E-state index contributed by atoms with van der Waals surface area (Å²) in [7, 11) is 1.33. The van der Waals surface area contributed by atoms with E-state index in [1.54, 1.807) is 24.3 Å². The zero-order valence-electron chi connectivity index (χ0n) is 11.3. The van der Waals surface area contributed by atoms with Crippen molar-refractivity contribution in [3.05, 3.63) is 35.4 Å². The van der Waals surface area contributed by atoms with Crippen molar-refractivity contribution >= 4 is 18.4 Å². The van der Waals surface area contributed by atoms with Gasteiger partial charge in [0.2, 0.25) is 0 Å². The van der Waals surface area contributed by atoms with Gasteiger partial charge in [-0.1, -0.05) is 38.0 Å². The topological polar surface area (TPSA) is 72.5 Å². The number of methoxy groups -OCH3 is 1. The van der Waals surface area contributed by atoms with Gasteiger partial charge in [-0.15, -0.1) is 12.4 Å². The largest absolute Gasteiger partial charge is 0.465 e. The number of rotatable bonds is 6. The Hall–Kier alpha value is -1.10. The number of carbonyl (C=O) groups is 1. The predicted molar refractivity (Wildman–Crippen MR) is 77.5 cm³/mol. The lowest BCUT2D eigenvalue weighted by atomic mass is 9.94. The number of esters is 1. The van der Waals surface area contributed by atoms with Crippen molar-refractivity contribution in [3.63, 3.8) is 0 Å². The summed E-state index contributed by atoms with van der Waals surface area (Å²) in [6, 6.07) is 6.40. The molecule has 19 heavy (non-hydrogen) atoms. The number of hydrogen-bond acceptors (Lipinski definition) is 4. The number of halogens is 1. The molecule has 0 aromatic heterocycles. The van der Waals surface area contributed by atoms with Gasteiger partial charge in [-0.2, -0.15) is 0 Å². The zero-order chi connectivity index (χ0) is 13.5. The Kier molecular flexibility index (Phi) is 8.39. The molecule has 0 saturated heterocycles. The summed E-state index contributed by atoms with van der Waals surface area (Å²) < 4.78 is 4.71. The minimum absolute atomic E-state index is 0. The Balaban J connectivity index is 0.00000324. The Morgan fingerprint density at radius 2 is 2.05 bits per heavy atom. The molecule has 0 aliphatic rings. The van der Waals surface area contributed by atoms with Crippen LogP contribution in [0.4, 0.5) is 0 Å². The molecule has 0 heterocycles. The highest BCUT2D eigenvalue weighted by atomic mass is 35.5. The quantitative estimate of drug-likeness (QED) is 0.788. The van der Waals surface area contributed by atoms with Gasteiger partial charge in [-0.3, -0.25) is 0 Å². The van der Waals surface area contributed by atoms with Gasteiger partial charge in [0.25, 0.3) is 0 Å². The van der Waals surface area contributed by atoms with Crippen molar-refractivity contribution < 1.29 is 14.6 Å². The summed E-state index contributed by atoms with van der Waals surface area (Å²) in [5.41, 5.74) is 7.07. The molecular weight excluding hydrogens is 266 g/mol. The SMILES string of the molecule is CCCC[C@H](O)[C@H](N)c1ccccc1C(=O)OC.Cl. The van der Waals surface area contributed by atoms with Crippen LogP contribution in [0.15, 0.2) is 24.3 Å². The first-order chi connectivity index (χ1) is 8.61. The highest BCUT2D eigenvalue weighted by molar-refractivity contribution is 5.91. The number of nitrogens with two attached hydrogens (primary N) is 1. The maximum atomic E-state index is 11.6. The summed E-state index contributed by atoms with van der Waals surface area (Å²) in [4.78, 5) is 11.6. The molecule has 1 rings (SSSR count). The molecule has 2 atom stereocenters. The minimum atomic E-state index is -0.643. The molecule has 0 radical (unpaired) electrons. The average Bonchev–Trinajstić information content (AvgIpc) is 2.43. The molecule has 108 valence electrons. The van der Waals surface area contributed by atoms with Gasteiger partial charge in [0.15, 0.2) is 0 Å². The molecule has 1 aromatic rings. The van der Waals surface area contributed by atoms with Crippen LogP contribution in [0, 0.1) is 0 Å². The van der Waals surface area contributed by atoms with Crippen LogP contribution in [0.2, 0.25) is 0 Å². The fourth-order valence-corrected chi connectivity index (χ4v) is 1.88. The molecule has 1 aromatic carbocycles. The molecule has 0 fully saturated rings. The molecule has 0 aliphatic heterocycles. The zero-order valence-corrected chi connectivity index (χ0v) is 12.2. The maximum absolute atomic E-state index is 11.6. The molecule has 3 N–H and O–H groups in total. The van der Waals surface area contributed by atoms with Crippen molar-refractivity contribution in [2.45, 2.75) is 38.3 Å². The lowest BCUT2D eigenvalue weighted by Gasteiger charge is -2.21. The molecule has 5 heteroatoms. The normalized spacial score (nSPS) is 13.3. The Morgan fingerprint density at radius 3 is 2.63 bits per heavy atom. The van der Waals surface area contributed by atoms with Crippen LogP contribution in [-0.2, 0) is 4.74 Å². The minimum Gasteiger partial charge on any atom is -0.465 e. The second kappa shape index (κ2) is 8.91. The number of aliphatic hydroxyl groups is 1. The van der Waals surface area contributed by atoms with E-state index >= 15 is 0 Å². The first-order valence-corrected chi connectivity index (χ1v) is 6.22. The molecule has 0 spiro atoms. The van der Waals surface area contributed by atoms with E-state index in [1.165, 1.54) is 7.11 Å². The van der Waals surface area contributed by atoms with E-state index in [0.29, 0.717) is 17.5 Å². The predicted octanol–water partition coefficient (Wildman–Crippen LogP) is 2.45. The van der Waals surface area contributed by atoms with Gasteiger partial charge >= 0.3 is 5.97 Å². The molecular formula is C14H22ClNO3. The maximum Gasteiger partial charge on any atom is 0.338 e. The van der Waals surface area contributed by atoms with Crippen LogP contribution < -0.4 is 5.73 Å². The van der Waals surface area contributed by atoms with Crippen molar-refractivity contribution in [3.8, 4) is 0 Å². The smallest absolute Gasteiger partial charge is 0.338 e. The summed E-state index contributed by atoms with van der Waals surface area (Å²) >= 11 is 0. The number of unbranched alkanes of at least 4 members (excludes halogenated alkanes) is 1. The van der Waals surface area contributed by atoms with E-state index in [9.17, 15) is 9.90 Å². The summed E-state index contributed by atoms with van der Waals surface area (Å²) in [6.07, 6.45) is 1.90. The first-order valence-electron chi connectivity index (χ1n) is 6.22. The Morgan fingerprint density at radius 1 is 1.42 bits per heavy atom. The van der Waals surface area contributed by atoms with Gasteiger partial charge in [0.1, 0.15) is 0 Å². The van der Waals surface area contributed by atoms with Crippen LogP contribution in [0.5, 0.6) is 0 Å². The second-order valence-corrected chi connectivity index (χ2v) is 4.31.